The maximum Gasteiger partial charge on any atom is 0.528 e. The van der Waals surface area contributed by atoms with Crippen LogP contribution in [0.4, 0.5) is 0 Å². The van der Waals surface area contributed by atoms with Crippen LogP contribution in [0.2, 0.25) is 0 Å². The van der Waals surface area contributed by atoms with E-state index in [1.54, 1.807) is 26.0 Å². The van der Waals surface area contributed by atoms with Crippen LogP contribution >= 0.6 is 0 Å². The third kappa shape index (κ3) is 3.32. The molecule has 0 spiro atoms. The lowest BCUT2D eigenvalue weighted by Gasteiger charge is -2.22. The van der Waals surface area contributed by atoms with Gasteiger partial charge in [-0.1, -0.05) is 12.7 Å². The molecule has 0 fully saturated rings. The molecule has 4 heteroatoms. The highest BCUT2D eigenvalue weighted by atomic mass is 28.4. The zero-order valence-corrected chi connectivity index (χ0v) is 8.71. The summed E-state index contributed by atoms with van der Waals surface area (Å²) in [5, 5.41) is 0. The Kier molecular flexibility index (Phi) is 5.92. The average Bonchev–Trinajstić information content (AvgIpc) is 2.14. The van der Waals surface area contributed by atoms with Crippen molar-refractivity contribution in [3.8, 4) is 0 Å². The molecule has 12 heavy (non-hydrogen) atoms. The van der Waals surface area contributed by atoms with Crippen molar-refractivity contribution in [2.24, 2.45) is 0 Å². The van der Waals surface area contributed by atoms with E-state index < -0.39 is 8.80 Å². The maximum atomic E-state index is 5.42. The van der Waals surface area contributed by atoms with E-state index in [1.165, 1.54) is 0 Å². The van der Waals surface area contributed by atoms with Gasteiger partial charge in [0.25, 0.3) is 0 Å². The molecule has 0 saturated carbocycles. The Labute approximate surface area is 75.0 Å². The lowest BCUT2D eigenvalue weighted by atomic mass is 10.5. The molecule has 0 saturated heterocycles. The fourth-order valence-corrected chi connectivity index (χ4v) is 1.97. The van der Waals surface area contributed by atoms with E-state index in [0.717, 1.165) is 6.42 Å². The van der Waals surface area contributed by atoms with Gasteiger partial charge in [-0.05, 0) is 12.1 Å². The number of hydrogen-bond donors (Lipinski definition) is 0. The first-order valence-corrected chi connectivity index (χ1v) is 5.53. The summed E-state index contributed by atoms with van der Waals surface area (Å²) in [5.74, 6) is 0. The van der Waals surface area contributed by atoms with Crippen molar-refractivity contribution in [1.29, 1.82) is 0 Å². The molecule has 0 radical (unpaired) electrons. The number of hydrogen-bond acceptors (Lipinski definition) is 3. The fraction of sp³-hybridized carbons (Fsp3) is 0.500. The summed E-state index contributed by atoms with van der Waals surface area (Å²) in [6, 6.07) is 0. The predicted molar refractivity (Wildman–Crippen MR) is 50.7 cm³/mol. The van der Waals surface area contributed by atoms with Crippen LogP contribution < -0.4 is 0 Å². The molecular formula is C8H16O3Si. The van der Waals surface area contributed by atoms with Crippen LogP contribution in [0.3, 0.4) is 0 Å². The lowest BCUT2D eigenvalue weighted by Crippen LogP contribution is -2.42. The van der Waals surface area contributed by atoms with Gasteiger partial charge in [0.1, 0.15) is 0 Å². The van der Waals surface area contributed by atoms with Crippen molar-refractivity contribution >= 4 is 8.80 Å². The smallest absolute Gasteiger partial charge is 0.374 e. The molecule has 0 atom stereocenters. The van der Waals surface area contributed by atoms with Crippen LogP contribution in [0, 0.1) is 0 Å². The highest BCUT2D eigenvalue weighted by Gasteiger charge is 2.34. The van der Waals surface area contributed by atoms with E-state index in [2.05, 4.69) is 13.2 Å². The van der Waals surface area contributed by atoms with E-state index in [-0.39, 0.29) is 0 Å². The first-order chi connectivity index (χ1) is 5.74. The van der Waals surface area contributed by atoms with Crippen LogP contribution in [0.5, 0.6) is 0 Å². The Balaban J connectivity index is 3.92. The largest absolute Gasteiger partial charge is 0.528 e. The molecular weight excluding hydrogens is 172 g/mol. The Morgan fingerprint density at radius 3 is 2.17 bits per heavy atom. The van der Waals surface area contributed by atoms with Crippen LogP contribution in [0.25, 0.3) is 0 Å². The zero-order chi connectivity index (χ0) is 9.45. The normalized spacial score (nSPS) is 11.2. The zero-order valence-electron chi connectivity index (χ0n) is 7.71. The molecule has 0 aliphatic heterocycles. The second-order valence-electron chi connectivity index (χ2n) is 2.14. The van der Waals surface area contributed by atoms with Gasteiger partial charge in [0.15, 0.2) is 0 Å². The molecule has 0 unspecified atom stereocenters. The van der Waals surface area contributed by atoms with Gasteiger partial charge in [0.2, 0.25) is 0 Å². The second-order valence-corrected chi connectivity index (χ2v) is 4.86. The fourth-order valence-electron chi connectivity index (χ4n) is 0.711. The molecule has 0 N–H and O–H groups in total. The first kappa shape index (κ1) is 11.6. The minimum absolute atomic E-state index is 0.559. The molecule has 0 aromatic carbocycles. The SMILES string of the molecule is C=CCCO[Si](C=C)(OC)OC. The second kappa shape index (κ2) is 6.13. The highest BCUT2D eigenvalue weighted by Crippen LogP contribution is 2.08. The topological polar surface area (TPSA) is 27.7 Å². The molecule has 0 heterocycles. The monoisotopic (exact) mass is 188 g/mol. The molecule has 0 aliphatic carbocycles. The van der Waals surface area contributed by atoms with Gasteiger partial charge >= 0.3 is 8.80 Å². The molecule has 3 nitrogen and oxygen atoms in total. The van der Waals surface area contributed by atoms with Gasteiger partial charge in [-0.25, -0.2) is 0 Å². The van der Waals surface area contributed by atoms with Crippen molar-refractivity contribution in [1.82, 2.24) is 0 Å². The Bertz CT molecular complexity index is 143. The van der Waals surface area contributed by atoms with Crippen molar-refractivity contribution in [3.63, 3.8) is 0 Å². The van der Waals surface area contributed by atoms with Gasteiger partial charge in [-0.3, -0.25) is 0 Å². The molecule has 70 valence electrons. The summed E-state index contributed by atoms with van der Waals surface area (Å²) in [6.45, 7) is 7.76. The predicted octanol–water partition coefficient (Wildman–Crippen LogP) is 1.54. The van der Waals surface area contributed by atoms with E-state index in [9.17, 15) is 0 Å². The quantitative estimate of drug-likeness (QED) is 0.344. The molecule has 0 amide bonds. The minimum Gasteiger partial charge on any atom is -0.374 e. The Morgan fingerprint density at radius 2 is 1.83 bits per heavy atom. The third-order valence-corrected chi connectivity index (χ3v) is 3.69. The van der Waals surface area contributed by atoms with Crippen molar-refractivity contribution in [2.45, 2.75) is 6.42 Å². The Morgan fingerprint density at radius 1 is 1.25 bits per heavy atom. The van der Waals surface area contributed by atoms with Gasteiger partial charge < -0.3 is 13.3 Å². The van der Waals surface area contributed by atoms with Gasteiger partial charge in [0.05, 0.1) is 0 Å². The molecule has 0 aromatic rings. The van der Waals surface area contributed by atoms with E-state index in [0.29, 0.717) is 6.61 Å². The lowest BCUT2D eigenvalue weighted by molar-refractivity contribution is 0.114. The number of rotatable bonds is 7. The summed E-state index contributed by atoms with van der Waals surface area (Å²) in [5.41, 5.74) is 1.61. The minimum atomic E-state index is -2.54. The Hall–Kier alpha value is -0.423. The summed E-state index contributed by atoms with van der Waals surface area (Å²) < 4.78 is 15.7. The van der Waals surface area contributed by atoms with Gasteiger partial charge in [-0.15, -0.1) is 6.58 Å². The van der Waals surface area contributed by atoms with Crippen molar-refractivity contribution in [2.75, 3.05) is 20.8 Å². The highest BCUT2D eigenvalue weighted by molar-refractivity contribution is 6.66. The molecule has 0 aromatic heterocycles. The van der Waals surface area contributed by atoms with Crippen molar-refractivity contribution in [3.05, 3.63) is 24.9 Å². The standard InChI is InChI=1S/C8H16O3Si/c1-5-7-8-11-12(6-2,9-3)10-4/h5-6H,1-2,7-8H2,3-4H3. The van der Waals surface area contributed by atoms with E-state index in [4.69, 9.17) is 13.3 Å². The molecule has 0 aliphatic rings. The summed E-state index contributed by atoms with van der Waals surface area (Å²) in [4.78, 5) is 0. The van der Waals surface area contributed by atoms with E-state index in [1.807, 2.05) is 0 Å². The molecule has 0 bridgehead atoms. The van der Waals surface area contributed by atoms with Crippen LogP contribution in [-0.4, -0.2) is 29.6 Å². The maximum absolute atomic E-state index is 5.42. The van der Waals surface area contributed by atoms with Crippen LogP contribution in [-0.2, 0) is 13.3 Å². The van der Waals surface area contributed by atoms with Crippen LogP contribution in [0.15, 0.2) is 24.9 Å². The molecule has 0 rings (SSSR count). The van der Waals surface area contributed by atoms with Gasteiger partial charge in [0, 0.05) is 20.8 Å². The van der Waals surface area contributed by atoms with Gasteiger partial charge in [-0.2, -0.15) is 0 Å². The average molecular weight is 188 g/mol. The van der Waals surface area contributed by atoms with E-state index >= 15 is 0 Å². The van der Waals surface area contributed by atoms with Crippen LogP contribution in [0.1, 0.15) is 6.42 Å². The first-order valence-electron chi connectivity index (χ1n) is 3.73. The summed E-state index contributed by atoms with van der Waals surface area (Å²) in [7, 11) is 0.583. The third-order valence-electron chi connectivity index (χ3n) is 1.44. The summed E-state index contributed by atoms with van der Waals surface area (Å²) >= 11 is 0. The van der Waals surface area contributed by atoms with Crippen molar-refractivity contribution < 1.29 is 13.3 Å². The summed E-state index contributed by atoms with van der Waals surface area (Å²) in [6.07, 6.45) is 2.57.